The predicted octanol–water partition coefficient (Wildman–Crippen LogP) is 3.44. The number of pyridine rings is 1. The first-order chi connectivity index (χ1) is 13.3. The summed E-state index contributed by atoms with van der Waals surface area (Å²) in [5.41, 5.74) is 7.17. The maximum absolute atomic E-state index is 12.4. The average Bonchev–Trinajstić information content (AvgIpc) is 3.18. The van der Waals surface area contributed by atoms with Gasteiger partial charge < -0.3 is 4.57 Å². The number of rotatable bonds is 3. The molecular weight excluding hydrogens is 336 g/mol. The van der Waals surface area contributed by atoms with Crippen LogP contribution in [0.15, 0.2) is 76.9 Å². The molecule has 5 heteroatoms. The fourth-order valence-corrected chi connectivity index (χ4v) is 3.50. The molecule has 27 heavy (non-hydrogen) atoms. The van der Waals surface area contributed by atoms with Gasteiger partial charge in [0.05, 0.1) is 31.0 Å². The number of aromatic nitrogens is 3. The molecular formula is C22H16N4O. The van der Waals surface area contributed by atoms with Crippen molar-refractivity contribution in [3.8, 4) is 11.1 Å². The molecule has 130 valence electrons. The molecule has 0 spiro atoms. The lowest BCUT2D eigenvalue weighted by molar-refractivity contribution is 0.786. The summed E-state index contributed by atoms with van der Waals surface area (Å²) in [5, 5.41) is 0. The van der Waals surface area contributed by atoms with Gasteiger partial charge in [-0.25, -0.2) is 4.98 Å². The molecule has 0 N–H and O–H groups in total. The van der Waals surface area contributed by atoms with Crippen molar-refractivity contribution in [3.05, 3.63) is 94.2 Å². The van der Waals surface area contributed by atoms with E-state index in [1.54, 1.807) is 17.0 Å². The standard InChI is InChI=1S/C22H16N4O/c27-22-13-25-20-12-23-7-6-21(20)26(22)14-15-2-1-3-16(8-15)17-4-5-18-10-24-11-19(18)9-17/h1-9,11-13H,10,14H2. The molecule has 4 aromatic rings. The zero-order chi connectivity index (χ0) is 18.2. The topological polar surface area (TPSA) is 60.1 Å². The summed E-state index contributed by atoms with van der Waals surface area (Å²) in [7, 11) is 0. The Labute approximate surface area is 155 Å². The lowest BCUT2D eigenvalue weighted by Gasteiger charge is -2.11. The molecule has 0 aliphatic carbocycles. The van der Waals surface area contributed by atoms with Crippen LogP contribution < -0.4 is 5.56 Å². The van der Waals surface area contributed by atoms with Crippen LogP contribution in [0.5, 0.6) is 0 Å². The third-order valence-electron chi connectivity index (χ3n) is 4.89. The summed E-state index contributed by atoms with van der Waals surface area (Å²) >= 11 is 0. The maximum atomic E-state index is 12.4. The first-order valence-corrected chi connectivity index (χ1v) is 8.79. The van der Waals surface area contributed by atoms with Crippen molar-refractivity contribution in [2.45, 2.75) is 13.1 Å². The van der Waals surface area contributed by atoms with Crippen LogP contribution in [-0.4, -0.2) is 20.7 Å². The molecule has 5 rings (SSSR count). The SMILES string of the molecule is O=c1cnc2cnccc2n1Cc1cccc(-c2ccc3c(c2)C=NC3)c1. The second-order valence-corrected chi connectivity index (χ2v) is 6.63. The molecule has 2 aromatic heterocycles. The van der Waals surface area contributed by atoms with Gasteiger partial charge in [0.25, 0.3) is 5.56 Å². The first-order valence-electron chi connectivity index (χ1n) is 8.79. The highest BCUT2D eigenvalue weighted by Crippen LogP contribution is 2.25. The lowest BCUT2D eigenvalue weighted by Crippen LogP contribution is -2.21. The molecule has 0 fully saturated rings. The van der Waals surface area contributed by atoms with Crippen LogP contribution in [0.25, 0.3) is 22.2 Å². The zero-order valence-electron chi connectivity index (χ0n) is 14.5. The Morgan fingerprint density at radius 1 is 1.00 bits per heavy atom. The minimum absolute atomic E-state index is 0.118. The number of benzene rings is 2. The van der Waals surface area contributed by atoms with E-state index in [9.17, 15) is 4.79 Å². The van der Waals surface area contributed by atoms with Crippen LogP contribution in [0, 0.1) is 0 Å². The van der Waals surface area contributed by atoms with Gasteiger partial charge >= 0.3 is 0 Å². The Morgan fingerprint density at radius 3 is 2.89 bits per heavy atom. The third-order valence-corrected chi connectivity index (χ3v) is 4.89. The Balaban J connectivity index is 1.55. The van der Waals surface area contributed by atoms with Gasteiger partial charge in [-0.15, -0.1) is 0 Å². The molecule has 0 unspecified atom stereocenters. The van der Waals surface area contributed by atoms with E-state index in [4.69, 9.17) is 0 Å². The second kappa shape index (κ2) is 6.29. The van der Waals surface area contributed by atoms with Gasteiger partial charge in [0.15, 0.2) is 0 Å². The van der Waals surface area contributed by atoms with Crippen molar-refractivity contribution in [1.82, 2.24) is 14.5 Å². The van der Waals surface area contributed by atoms with E-state index < -0.39 is 0 Å². The van der Waals surface area contributed by atoms with E-state index in [0.29, 0.717) is 12.1 Å². The van der Waals surface area contributed by atoms with Crippen molar-refractivity contribution in [1.29, 1.82) is 0 Å². The summed E-state index contributed by atoms with van der Waals surface area (Å²) in [4.78, 5) is 25.0. The van der Waals surface area contributed by atoms with E-state index in [2.05, 4.69) is 45.3 Å². The number of hydrogen-bond acceptors (Lipinski definition) is 4. The minimum Gasteiger partial charge on any atom is -0.301 e. The van der Waals surface area contributed by atoms with Gasteiger partial charge in [0, 0.05) is 12.4 Å². The van der Waals surface area contributed by atoms with Gasteiger partial charge in [0.2, 0.25) is 0 Å². The zero-order valence-corrected chi connectivity index (χ0v) is 14.5. The van der Waals surface area contributed by atoms with Gasteiger partial charge in [-0.05, 0) is 46.0 Å². The molecule has 1 aliphatic rings. The molecule has 0 atom stereocenters. The first kappa shape index (κ1) is 15.6. The van der Waals surface area contributed by atoms with Crippen molar-refractivity contribution in [2.24, 2.45) is 4.99 Å². The van der Waals surface area contributed by atoms with Gasteiger partial charge in [-0.3, -0.25) is 14.8 Å². The summed E-state index contributed by atoms with van der Waals surface area (Å²) in [5.74, 6) is 0. The lowest BCUT2D eigenvalue weighted by atomic mass is 9.99. The number of nitrogens with zero attached hydrogens (tertiary/aromatic N) is 4. The number of fused-ring (bicyclic) bond motifs is 2. The second-order valence-electron chi connectivity index (χ2n) is 6.63. The average molecular weight is 352 g/mol. The predicted molar refractivity (Wildman–Crippen MR) is 106 cm³/mol. The largest absolute Gasteiger partial charge is 0.301 e. The molecule has 1 aliphatic heterocycles. The highest BCUT2D eigenvalue weighted by molar-refractivity contribution is 5.87. The molecule has 0 amide bonds. The summed E-state index contributed by atoms with van der Waals surface area (Å²) in [6, 6.07) is 16.6. The molecule has 0 radical (unpaired) electrons. The summed E-state index contributed by atoms with van der Waals surface area (Å²) in [6.07, 6.45) is 6.64. The third kappa shape index (κ3) is 2.83. The van der Waals surface area contributed by atoms with Gasteiger partial charge in [-0.2, -0.15) is 0 Å². The van der Waals surface area contributed by atoms with Crippen molar-refractivity contribution < 1.29 is 0 Å². The summed E-state index contributed by atoms with van der Waals surface area (Å²) in [6.45, 7) is 1.25. The Kier molecular flexibility index (Phi) is 3.64. The molecule has 5 nitrogen and oxygen atoms in total. The number of hydrogen-bond donors (Lipinski definition) is 0. The highest BCUT2D eigenvalue weighted by Gasteiger charge is 2.09. The van der Waals surface area contributed by atoms with Crippen molar-refractivity contribution in [3.63, 3.8) is 0 Å². The van der Waals surface area contributed by atoms with E-state index >= 15 is 0 Å². The van der Waals surface area contributed by atoms with Crippen LogP contribution in [0.2, 0.25) is 0 Å². The van der Waals surface area contributed by atoms with Crippen molar-refractivity contribution in [2.75, 3.05) is 0 Å². The normalized spacial score (nSPS) is 12.4. The Hall–Kier alpha value is -3.60. The maximum Gasteiger partial charge on any atom is 0.269 e. The minimum atomic E-state index is -0.118. The van der Waals surface area contributed by atoms with Crippen molar-refractivity contribution >= 4 is 17.2 Å². The Bertz CT molecular complexity index is 1260. The van der Waals surface area contributed by atoms with Crippen LogP contribution in [0.3, 0.4) is 0 Å². The van der Waals surface area contributed by atoms with E-state index in [-0.39, 0.29) is 5.56 Å². The smallest absolute Gasteiger partial charge is 0.269 e. The monoisotopic (exact) mass is 352 g/mol. The highest BCUT2D eigenvalue weighted by atomic mass is 16.1. The molecule has 0 bridgehead atoms. The summed E-state index contributed by atoms with van der Waals surface area (Å²) < 4.78 is 1.73. The van der Waals surface area contributed by atoms with Crippen LogP contribution in [-0.2, 0) is 13.1 Å². The van der Waals surface area contributed by atoms with Crippen LogP contribution in [0.1, 0.15) is 16.7 Å². The molecule has 3 heterocycles. The molecule has 2 aromatic carbocycles. The number of aliphatic imine (C=N–C) groups is 1. The van der Waals surface area contributed by atoms with Gasteiger partial charge in [-0.1, -0.05) is 30.3 Å². The quantitative estimate of drug-likeness (QED) is 0.567. The van der Waals surface area contributed by atoms with Crippen LogP contribution in [0.4, 0.5) is 0 Å². The van der Waals surface area contributed by atoms with Gasteiger partial charge in [0.1, 0.15) is 5.52 Å². The fourth-order valence-electron chi connectivity index (χ4n) is 3.50. The van der Waals surface area contributed by atoms with E-state index in [1.165, 1.54) is 17.3 Å². The fraction of sp³-hybridized carbons (Fsp3) is 0.0909. The van der Waals surface area contributed by atoms with Crippen LogP contribution >= 0.6 is 0 Å². The Morgan fingerprint density at radius 2 is 1.93 bits per heavy atom. The molecule has 0 saturated carbocycles. The molecule has 0 saturated heterocycles. The van der Waals surface area contributed by atoms with E-state index in [0.717, 1.165) is 28.8 Å². The van der Waals surface area contributed by atoms with E-state index in [1.807, 2.05) is 24.4 Å².